The van der Waals surface area contributed by atoms with Crippen molar-refractivity contribution in [1.82, 2.24) is 4.98 Å². The Balaban J connectivity index is 1.43. The quantitative estimate of drug-likeness (QED) is 0.417. The molecular weight excluding hydrogens is 503 g/mol. The number of alkyl halides is 3. The summed E-state index contributed by atoms with van der Waals surface area (Å²) in [5.74, 6) is -0.670. The minimum absolute atomic E-state index is 0.00779. The van der Waals surface area contributed by atoms with Crippen LogP contribution in [0.2, 0.25) is 0 Å². The molecule has 2 N–H and O–H groups in total. The Hall–Kier alpha value is -3.37. The van der Waals surface area contributed by atoms with E-state index in [2.05, 4.69) is 15.6 Å². The van der Waals surface area contributed by atoms with Gasteiger partial charge in [0.15, 0.2) is 0 Å². The van der Waals surface area contributed by atoms with Crippen molar-refractivity contribution in [3.05, 3.63) is 71.5 Å². The van der Waals surface area contributed by atoms with Crippen LogP contribution in [-0.4, -0.2) is 34.8 Å². The molecule has 5 rings (SSSR count). The maximum Gasteiger partial charge on any atom is 0.433 e. The van der Waals surface area contributed by atoms with Gasteiger partial charge in [-0.2, -0.15) is 13.2 Å². The van der Waals surface area contributed by atoms with Crippen LogP contribution in [0.1, 0.15) is 40.9 Å². The fraction of sp³-hybridized carbons (Fsp3) is 0.296. The Labute approximate surface area is 216 Å². The van der Waals surface area contributed by atoms with Crippen LogP contribution in [0.25, 0.3) is 11.1 Å². The van der Waals surface area contributed by atoms with E-state index < -0.39 is 17.8 Å². The molecule has 0 bridgehead atoms. The van der Waals surface area contributed by atoms with Crippen LogP contribution >= 0.6 is 11.8 Å². The molecule has 6 nitrogen and oxygen atoms in total. The zero-order valence-electron chi connectivity index (χ0n) is 19.9. The number of carbonyl (C=O) groups excluding carboxylic acids is 2. The highest BCUT2D eigenvalue weighted by molar-refractivity contribution is 8.01. The smallest absolute Gasteiger partial charge is 0.381 e. The van der Waals surface area contributed by atoms with Gasteiger partial charge in [-0.3, -0.25) is 14.6 Å². The Bertz CT molecular complexity index is 1370. The first kappa shape index (κ1) is 25.3. The molecule has 0 radical (unpaired) electrons. The number of aromatic nitrogens is 1. The molecule has 0 unspecified atom stereocenters. The number of pyridine rings is 1. The lowest BCUT2D eigenvalue weighted by atomic mass is 9.95. The number of amides is 2. The molecule has 1 saturated heterocycles. The van der Waals surface area contributed by atoms with E-state index in [1.807, 2.05) is 31.2 Å². The van der Waals surface area contributed by atoms with Crippen molar-refractivity contribution >= 4 is 35.0 Å². The third-order valence-corrected chi connectivity index (χ3v) is 8.13. The van der Waals surface area contributed by atoms with Crippen molar-refractivity contribution in [3.8, 4) is 11.1 Å². The monoisotopic (exact) mass is 527 g/mol. The number of ether oxygens (including phenoxy) is 1. The van der Waals surface area contributed by atoms with Gasteiger partial charge in [-0.1, -0.05) is 12.1 Å². The average molecular weight is 528 g/mol. The van der Waals surface area contributed by atoms with Gasteiger partial charge in [-0.25, -0.2) is 0 Å². The number of rotatable bonds is 3. The topological polar surface area (TPSA) is 80.3 Å². The van der Waals surface area contributed by atoms with Crippen LogP contribution in [0.15, 0.2) is 59.6 Å². The number of benzene rings is 2. The number of anilines is 2. The van der Waals surface area contributed by atoms with Gasteiger partial charge in [0, 0.05) is 46.7 Å². The predicted octanol–water partition coefficient (Wildman–Crippen LogP) is 6.31. The van der Waals surface area contributed by atoms with E-state index in [1.165, 1.54) is 6.07 Å². The number of thioether (sulfide) groups is 1. The van der Waals surface area contributed by atoms with Crippen LogP contribution in [0, 0.1) is 6.92 Å². The van der Waals surface area contributed by atoms with Crippen LogP contribution in [0.4, 0.5) is 24.5 Å². The lowest BCUT2D eigenvalue weighted by Crippen LogP contribution is -2.35. The molecule has 1 spiro atoms. The van der Waals surface area contributed by atoms with E-state index in [9.17, 15) is 22.8 Å². The largest absolute Gasteiger partial charge is 0.433 e. The summed E-state index contributed by atoms with van der Waals surface area (Å²) in [5, 5.41) is 5.70. The number of hydrogen-bond acceptors (Lipinski definition) is 5. The summed E-state index contributed by atoms with van der Waals surface area (Å²) < 4.78 is 44.3. The van der Waals surface area contributed by atoms with Gasteiger partial charge in [0.25, 0.3) is 5.91 Å². The summed E-state index contributed by atoms with van der Waals surface area (Å²) >= 11 is 1.70. The molecule has 0 atom stereocenters. The van der Waals surface area contributed by atoms with Gasteiger partial charge < -0.3 is 15.4 Å². The normalized spacial score (nSPS) is 17.0. The first-order chi connectivity index (χ1) is 17.6. The standard InChI is InChI=1S/C27H24F3N3O3S/c1-16-2-4-19(32-25(35)18-6-9-31-23(13-18)27(28,29)30)14-20(16)17-3-5-21-22(12-17)37-26(15-24(34)33-21)7-10-36-11-8-26/h2-6,9,12-14H,7-8,10-11,15H2,1H3,(H,32,35)(H,33,34). The second-order valence-corrected chi connectivity index (χ2v) is 10.8. The van der Waals surface area contributed by atoms with Gasteiger partial charge in [0.05, 0.1) is 5.69 Å². The van der Waals surface area contributed by atoms with E-state index in [0.29, 0.717) is 25.3 Å². The average Bonchev–Trinajstić information content (AvgIpc) is 2.99. The summed E-state index contributed by atoms with van der Waals surface area (Å²) in [5.41, 5.74) is 2.69. The van der Waals surface area contributed by atoms with E-state index in [-0.39, 0.29) is 16.2 Å². The van der Waals surface area contributed by atoms with Gasteiger partial charge >= 0.3 is 6.18 Å². The molecule has 2 aliphatic heterocycles. The zero-order chi connectivity index (χ0) is 26.2. The van der Waals surface area contributed by atoms with E-state index in [4.69, 9.17) is 4.74 Å². The molecule has 37 heavy (non-hydrogen) atoms. The Morgan fingerprint density at radius 1 is 1.11 bits per heavy atom. The predicted molar refractivity (Wildman–Crippen MR) is 136 cm³/mol. The lowest BCUT2D eigenvalue weighted by Gasteiger charge is -2.34. The second-order valence-electron chi connectivity index (χ2n) is 9.24. The summed E-state index contributed by atoms with van der Waals surface area (Å²) in [6.45, 7) is 3.19. The molecule has 192 valence electrons. The van der Waals surface area contributed by atoms with Crippen LogP contribution < -0.4 is 10.6 Å². The van der Waals surface area contributed by atoms with Crippen LogP contribution in [-0.2, 0) is 15.7 Å². The van der Waals surface area contributed by atoms with Gasteiger partial charge in [-0.15, -0.1) is 11.8 Å². The maximum absolute atomic E-state index is 13.0. The molecule has 1 aromatic heterocycles. The number of aryl methyl sites for hydroxylation is 1. The van der Waals surface area contributed by atoms with Crippen molar-refractivity contribution < 1.29 is 27.5 Å². The van der Waals surface area contributed by atoms with Gasteiger partial charge in [-0.05, 0) is 72.9 Å². The molecule has 2 aromatic carbocycles. The van der Waals surface area contributed by atoms with Crippen molar-refractivity contribution in [1.29, 1.82) is 0 Å². The minimum atomic E-state index is -4.64. The fourth-order valence-electron chi connectivity index (χ4n) is 4.60. The molecule has 3 heterocycles. The molecule has 0 aliphatic carbocycles. The Kier molecular flexibility index (Phi) is 6.72. The SMILES string of the molecule is Cc1ccc(NC(=O)c2ccnc(C(F)(F)F)c2)cc1-c1ccc2c(c1)SC1(CCOCC1)CC(=O)N2. The first-order valence-corrected chi connectivity index (χ1v) is 12.6. The third-order valence-electron chi connectivity index (χ3n) is 6.59. The molecule has 2 aliphatic rings. The third kappa shape index (κ3) is 5.50. The second kappa shape index (κ2) is 9.83. The molecule has 1 fully saturated rings. The molecule has 10 heteroatoms. The van der Waals surface area contributed by atoms with Crippen molar-refractivity contribution in [2.24, 2.45) is 0 Å². The van der Waals surface area contributed by atoms with E-state index in [1.54, 1.807) is 23.9 Å². The molecular formula is C27H24F3N3O3S. The number of hydrogen-bond donors (Lipinski definition) is 2. The Morgan fingerprint density at radius 2 is 1.89 bits per heavy atom. The number of carbonyl (C=O) groups is 2. The summed E-state index contributed by atoms with van der Waals surface area (Å²) in [7, 11) is 0. The fourth-order valence-corrected chi connectivity index (χ4v) is 6.05. The van der Waals surface area contributed by atoms with E-state index in [0.717, 1.165) is 52.4 Å². The number of halogens is 3. The molecule has 3 aromatic rings. The summed E-state index contributed by atoms with van der Waals surface area (Å²) in [6, 6.07) is 13.2. The highest BCUT2D eigenvalue weighted by atomic mass is 32.2. The highest BCUT2D eigenvalue weighted by Crippen LogP contribution is 2.48. The lowest BCUT2D eigenvalue weighted by molar-refractivity contribution is -0.141. The van der Waals surface area contributed by atoms with Gasteiger partial charge in [0.1, 0.15) is 5.69 Å². The Morgan fingerprint density at radius 3 is 2.65 bits per heavy atom. The van der Waals surface area contributed by atoms with Crippen LogP contribution in [0.5, 0.6) is 0 Å². The zero-order valence-corrected chi connectivity index (χ0v) is 20.8. The van der Waals surface area contributed by atoms with Crippen molar-refractivity contribution in [3.63, 3.8) is 0 Å². The molecule has 2 amide bonds. The minimum Gasteiger partial charge on any atom is -0.381 e. The molecule has 0 saturated carbocycles. The van der Waals surface area contributed by atoms with Crippen molar-refractivity contribution in [2.75, 3.05) is 23.8 Å². The number of fused-ring (bicyclic) bond motifs is 1. The van der Waals surface area contributed by atoms with Crippen molar-refractivity contribution in [2.45, 2.75) is 42.0 Å². The summed E-state index contributed by atoms with van der Waals surface area (Å²) in [6.07, 6.45) is -1.66. The number of nitrogens with one attached hydrogen (secondary N) is 2. The number of nitrogens with zero attached hydrogens (tertiary/aromatic N) is 1. The first-order valence-electron chi connectivity index (χ1n) is 11.8. The maximum atomic E-state index is 13.0. The van der Waals surface area contributed by atoms with Crippen LogP contribution in [0.3, 0.4) is 0 Å². The van der Waals surface area contributed by atoms with E-state index >= 15 is 0 Å². The van der Waals surface area contributed by atoms with Gasteiger partial charge in [0.2, 0.25) is 5.91 Å². The highest BCUT2D eigenvalue weighted by Gasteiger charge is 2.39. The summed E-state index contributed by atoms with van der Waals surface area (Å²) in [4.78, 5) is 29.6.